The topological polar surface area (TPSA) is 64.4 Å². The van der Waals surface area contributed by atoms with Crippen LogP contribution >= 0.6 is 0 Å². The summed E-state index contributed by atoms with van der Waals surface area (Å²) in [5, 5.41) is 9.08. The average Bonchev–Trinajstić information content (AvgIpc) is 2.57. The van der Waals surface area contributed by atoms with Gasteiger partial charge < -0.3 is 14.0 Å². The molecule has 2 heterocycles. The van der Waals surface area contributed by atoms with Crippen LogP contribution in [0.4, 0.5) is 0 Å². The van der Waals surface area contributed by atoms with E-state index in [0.717, 1.165) is 0 Å². The van der Waals surface area contributed by atoms with Gasteiger partial charge in [-0.25, -0.2) is 0 Å². The van der Waals surface area contributed by atoms with Crippen molar-refractivity contribution in [3.05, 3.63) is 17.8 Å². The Hall–Kier alpha value is -1.58. The molecule has 0 aliphatic carbocycles. The van der Waals surface area contributed by atoms with Crippen LogP contribution in [-0.2, 0) is 9.31 Å². The summed E-state index contributed by atoms with van der Waals surface area (Å²) in [5.41, 5.74) is 0.0161. The van der Waals surface area contributed by atoms with Crippen LogP contribution in [-0.4, -0.2) is 30.4 Å². The second-order valence-corrected chi connectivity index (χ2v) is 5.48. The molecule has 1 fully saturated rings. The zero-order valence-corrected chi connectivity index (χ0v) is 11.9. The zero-order valence-electron chi connectivity index (χ0n) is 11.9. The summed E-state index contributed by atoms with van der Waals surface area (Å²) in [6.45, 7) is 7.86. The summed E-state index contributed by atoms with van der Waals surface area (Å²) >= 11 is 0. The molecule has 1 aliphatic rings. The predicted octanol–water partition coefficient (Wildman–Crippen LogP) is 1.26. The van der Waals surface area contributed by atoms with Crippen molar-refractivity contribution < 1.29 is 14.0 Å². The number of nitriles is 1. The molecule has 19 heavy (non-hydrogen) atoms. The van der Waals surface area contributed by atoms with Crippen LogP contribution in [0.25, 0.3) is 0 Å². The van der Waals surface area contributed by atoms with Crippen molar-refractivity contribution in [2.45, 2.75) is 38.9 Å². The van der Waals surface area contributed by atoms with Gasteiger partial charge in [-0.2, -0.15) is 5.26 Å². The normalized spacial score (nSPS) is 20.1. The number of hydrogen-bond acceptors (Lipinski definition) is 5. The lowest BCUT2D eigenvalue weighted by Gasteiger charge is -2.32. The first-order chi connectivity index (χ1) is 8.82. The number of ether oxygens (including phenoxy) is 1. The van der Waals surface area contributed by atoms with E-state index in [1.54, 1.807) is 12.3 Å². The fraction of sp³-hybridized carbons (Fsp3) is 0.538. The highest BCUT2D eigenvalue weighted by Crippen LogP contribution is 2.37. The first kappa shape index (κ1) is 13.8. The van der Waals surface area contributed by atoms with Crippen LogP contribution in [0.15, 0.2) is 12.3 Å². The Balaban J connectivity index is 2.43. The largest absolute Gasteiger partial charge is 0.518 e. The van der Waals surface area contributed by atoms with Crippen molar-refractivity contribution >= 4 is 12.7 Å². The summed E-state index contributed by atoms with van der Waals surface area (Å²) in [7, 11) is 0.875. The summed E-state index contributed by atoms with van der Waals surface area (Å²) < 4.78 is 17.1. The second-order valence-electron chi connectivity index (χ2n) is 5.48. The van der Waals surface area contributed by atoms with Gasteiger partial charge in [0.1, 0.15) is 11.7 Å². The van der Waals surface area contributed by atoms with Gasteiger partial charge in [0.05, 0.1) is 23.9 Å². The lowest BCUT2D eigenvalue weighted by Crippen LogP contribution is -2.41. The number of rotatable bonds is 2. The molecule has 100 valence electrons. The SMILES string of the molecule is COc1c(C#N)ccnc1B1OC(C)(C)C(C)(C)O1. The standard InChI is InChI=1S/C13H17BN2O3/c1-12(2)13(3,4)19-14(18-12)11-10(17-5)9(8-15)6-7-16-11/h6-7H,1-5H3. The fourth-order valence-corrected chi connectivity index (χ4v) is 1.89. The quantitative estimate of drug-likeness (QED) is 0.749. The Bertz CT molecular complexity index is 521. The smallest absolute Gasteiger partial charge is 0.494 e. The van der Waals surface area contributed by atoms with Gasteiger partial charge >= 0.3 is 7.12 Å². The van der Waals surface area contributed by atoms with Crippen molar-refractivity contribution in [1.82, 2.24) is 4.98 Å². The molecule has 1 aromatic heterocycles. The lowest BCUT2D eigenvalue weighted by atomic mass is 9.82. The minimum atomic E-state index is -0.631. The van der Waals surface area contributed by atoms with E-state index in [4.69, 9.17) is 19.3 Å². The van der Waals surface area contributed by atoms with E-state index in [1.807, 2.05) is 27.7 Å². The van der Waals surface area contributed by atoms with Crippen molar-refractivity contribution in [3.8, 4) is 11.8 Å². The third-order valence-corrected chi connectivity index (χ3v) is 3.73. The van der Waals surface area contributed by atoms with Gasteiger partial charge in [-0.3, -0.25) is 4.98 Å². The van der Waals surface area contributed by atoms with Gasteiger partial charge in [-0.15, -0.1) is 0 Å². The molecular formula is C13H17BN2O3. The van der Waals surface area contributed by atoms with E-state index in [9.17, 15) is 0 Å². The third kappa shape index (κ3) is 2.20. The van der Waals surface area contributed by atoms with Gasteiger partial charge in [0, 0.05) is 6.20 Å². The number of aromatic nitrogens is 1. The molecular weight excluding hydrogens is 243 g/mol. The summed E-state index contributed by atoms with van der Waals surface area (Å²) in [6.07, 6.45) is 1.56. The second kappa shape index (κ2) is 4.51. The summed E-state index contributed by atoms with van der Waals surface area (Å²) in [5.74, 6) is 0.406. The molecule has 1 saturated heterocycles. The molecule has 0 unspecified atom stereocenters. The molecule has 0 saturated carbocycles. The predicted molar refractivity (Wildman–Crippen MR) is 71.2 cm³/mol. The number of pyridine rings is 1. The van der Waals surface area contributed by atoms with Crippen LogP contribution < -0.4 is 10.3 Å². The van der Waals surface area contributed by atoms with Gasteiger partial charge in [-0.05, 0) is 33.8 Å². The molecule has 6 heteroatoms. The van der Waals surface area contributed by atoms with Crippen molar-refractivity contribution in [3.63, 3.8) is 0 Å². The Labute approximate surface area is 113 Å². The Kier molecular flexibility index (Phi) is 3.29. The van der Waals surface area contributed by atoms with E-state index in [0.29, 0.717) is 16.9 Å². The third-order valence-electron chi connectivity index (χ3n) is 3.73. The first-order valence-corrected chi connectivity index (χ1v) is 6.11. The van der Waals surface area contributed by atoms with Crippen LogP contribution in [0.3, 0.4) is 0 Å². The zero-order chi connectivity index (χ0) is 14.3. The highest BCUT2D eigenvalue weighted by molar-refractivity contribution is 6.62. The van der Waals surface area contributed by atoms with Crippen LogP contribution in [0, 0.1) is 11.3 Å². The van der Waals surface area contributed by atoms with Crippen molar-refractivity contribution in [2.24, 2.45) is 0 Å². The molecule has 0 radical (unpaired) electrons. The number of methoxy groups -OCH3 is 1. The Morgan fingerprint density at radius 3 is 2.32 bits per heavy atom. The molecule has 5 nitrogen and oxygen atoms in total. The number of hydrogen-bond donors (Lipinski definition) is 0. The van der Waals surface area contributed by atoms with E-state index in [-0.39, 0.29) is 0 Å². The van der Waals surface area contributed by atoms with Gasteiger partial charge in [0.25, 0.3) is 0 Å². The Morgan fingerprint density at radius 2 is 1.84 bits per heavy atom. The van der Waals surface area contributed by atoms with E-state index in [1.165, 1.54) is 7.11 Å². The lowest BCUT2D eigenvalue weighted by molar-refractivity contribution is 0.00578. The van der Waals surface area contributed by atoms with Crippen LogP contribution in [0.2, 0.25) is 0 Å². The minimum absolute atomic E-state index is 0.406. The first-order valence-electron chi connectivity index (χ1n) is 6.11. The minimum Gasteiger partial charge on any atom is -0.494 e. The van der Waals surface area contributed by atoms with E-state index in [2.05, 4.69) is 11.1 Å². The maximum absolute atomic E-state index is 9.08. The molecule has 1 aromatic rings. The van der Waals surface area contributed by atoms with Crippen molar-refractivity contribution in [2.75, 3.05) is 7.11 Å². The van der Waals surface area contributed by atoms with E-state index < -0.39 is 18.3 Å². The molecule has 0 spiro atoms. The highest BCUT2D eigenvalue weighted by Gasteiger charge is 2.53. The van der Waals surface area contributed by atoms with Gasteiger partial charge in [0.15, 0.2) is 5.75 Å². The maximum Gasteiger partial charge on any atom is 0.518 e. The fourth-order valence-electron chi connectivity index (χ4n) is 1.89. The maximum atomic E-state index is 9.08. The molecule has 0 bridgehead atoms. The molecule has 2 rings (SSSR count). The number of nitrogens with zero attached hydrogens (tertiary/aromatic N) is 2. The molecule has 0 amide bonds. The van der Waals surface area contributed by atoms with Gasteiger partial charge in [-0.1, -0.05) is 0 Å². The summed E-state index contributed by atoms with van der Waals surface area (Å²) in [6, 6.07) is 3.68. The molecule has 0 N–H and O–H groups in total. The molecule has 0 aromatic carbocycles. The van der Waals surface area contributed by atoms with E-state index >= 15 is 0 Å². The van der Waals surface area contributed by atoms with Crippen molar-refractivity contribution in [1.29, 1.82) is 5.26 Å². The van der Waals surface area contributed by atoms with Crippen LogP contribution in [0.5, 0.6) is 5.75 Å². The monoisotopic (exact) mass is 260 g/mol. The average molecular weight is 260 g/mol. The highest BCUT2D eigenvalue weighted by atomic mass is 16.7. The van der Waals surface area contributed by atoms with Crippen LogP contribution in [0.1, 0.15) is 33.3 Å². The molecule has 1 aliphatic heterocycles. The Morgan fingerprint density at radius 1 is 1.26 bits per heavy atom. The molecule has 0 atom stereocenters. The summed E-state index contributed by atoms with van der Waals surface area (Å²) in [4.78, 5) is 4.25. The van der Waals surface area contributed by atoms with Gasteiger partial charge in [0.2, 0.25) is 0 Å².